The Labute approximate surface area is 133 Å². The molecule has 2 aromatic rings. The summed E-state index contributed by atoms with van der Waals surface area (Å²) in [6.07, 6.45) is 1.72. The first-order valence-electron chi connectivity index (χ1n) is 7.68. The van der Waals surface area contributed by atoms with Gasteiger partial charge in [-0.15, -0.1) is 0 Å². The third-order valence-electron chi connectivity index (χ3n) is 3.96. The van der Waals surface area contributed by atoms with E-state index in [2.05, 4.69) is 20.4 Å². The molecule has 2 heterocycles. The average molecular weight is 318 g/mol. The lowest BCUT2D eigenvalue weighted by Gasteiger charge is -2.31. The maximum absolute atomic E-state index is 12.9. The van der Waals surface area contributed by atoms with Crippen molar-refractivity contribution in [3.8, 4) is 0 Å². The number of likely N-dealkylation sites (tertiary alicyclic amines) is 1. The number of nitrogens with one attached hydrogen (secondary N) is 1. The first-order chi connectivity index (χ1) is 11.1. The molecule has 122 valence electrons. The van der Waals surface area contributed by atoms with Gasteiger partial charge >= 0.3 is 0 Å². The van der Waals surface area contributed by atoms with Gasteiger partial charge in [-0.3, -0.25) is 9.69 Å². The molecular formula is C16H19FN4O2. The Morgan fingerprint density at radius 3 is 2.65 bits per heavy atom. The molecule has 1 fully saturated rings. The number of rotatable bonds is 4. The summed E-state index contributed by atoms with van der Waals surface area (Å²) >= 11 is 0. The average Bonchev–Trinajstić information content (AvgIpc) is 2.95. The first-order valence-corrected chi connectivity index (χ1v) is 7.68. The van der Waals surface area contributed by atoms with Gasteiger partial charge in [0.1, 0.15) is 5.82 Å². The van der Waals surface area contributed by atoms with E-state index in [1.54, 1.807) is 6.92 Å². The number of halogens is 1. The summed E-state index contributed by atoms with van der Waals surface area (Å²) in [5, 5.41) is 6.78. The van der Waals surface area contributed by atoms with Crippen LogP contribution in [0.15, 0.2) is 28.8 Å². The molecular weight excluding hydrogens is 299 g/mol. The number of carbonyl (C=O) groups excluding carboxylic acids is 1. The molecule has 0 unspecified atom stereocenters. The minimum Gasteiger partial charge on any atom is -0.349 e. The molecule has 1 aromatic carbocycles. The van der Waals surface area contributed by atoms with Crippen molar-refractivity contribution in [3.05, 3.63) is 47.4 Å². The predicted octanol–water partition coefficient (Wildman–Crippen LogP) is 1.91. The lowest BCUT2D eigenvalue weighted by atomic mass is 10.0. The minimum atomic E-state index is -0.342. The monoisotopic (exact) mass is 318 g/mol. The van der Waals surface area contributed by atoms with Crippen LogP contribution in [0, 0.1) is 12.7 Å². The summed E-state index contributed by atoms with van der Waals surface area (Å²) in [5.74, 6) is 0.764. The fourth-order valence-electron chi connectivity index (χ4n) is 2.70. The second-order valence-corrected chi connectivity index (χ2v) is 5.77. The van der Waals surface area contributed by atoms with Crippen LogP contribution in [0.1, 0.15) is 34.9 Å². The van der Waals surface area contributed by atoms with Gasteiger partial charge < -0.3 is 9.84 Å². The third kappa shape index (κ3) is 4.13. The highest BCUT2D eigenvalue weighted by Crippen LogP contribution is 2.14. The quantitative estimate of drug-likeness (QED) is 0.932. The molecule has 0 aliphatic carbocycles. The topological polar surface area (TPSA) is 71.3 Å². The Morgan fingerprint density at radius 2 is 2.04 bits per heavy atom. The summed E-state index contributed by atoms with van der Waals surface area (Å²) in [4.78, 5) is 18.5. The molecule has 6 nitrogen and oxygen atoms in total. The molecule has 0 radical (unpaired) electrons. The Bertz CT molecular complexity index is 663. The Morgan fingerprint density at radius 1 is 1.35 bits per heavy atom. The number of aromatic nitrogens is 2. The molecule has 7 heteroatoms. The molecule has 1 saturated heterocycles. The second kappa shape index (κ2) is 6.87. The van der Waals surface area contributed by atoms with Crippen molar-refractivity contribution in [1.82, 2.24) is 20.4 Å². The van der Waals surface area contributed by atoms with Crippen molar-refractivity contribution < 1.29 is 13.7 Å². The van der Waals surface area contributed by atoms with Crippen LogP contribution < -0.4 is 5.32 Å². The zero-order valence-corrected chi connectivity index (χ0v) is 13.0. The van der Waals surface area contributed by atoms with E-state index < -0.39 is 0 Å². The van der Waals surface area contributed by atoms with Gasteiger partial charge in [-0.05, 0) is 44.0 Å². The molecule has 0 bridgehead atoms. The Hall–Kier alpha value is -2.28. The van der Waals surface area contributed by atoms with Crippen LogP contribution in [0.5, 0.6) is 0 Å². The minimum absolute atomic E-state index is 0.133. The SMILES string of the molecule is Cc1noc(CN2CCC(NC(=O)c3ccc(F)cc3)CC2)n1. The van der Waals surface area contributed by atoms with Crippen LogP contribution in [0.3, 0.4) is 0 Å². The van der Waals surface area contributed by atoms with Crippen LogP contribution in [-0.2, 0) is 6.54 Å². The van der Waals surface area contributed by atoms with Gasteiger partial charge in [0.25, 0.3) is 5.91 Å². The largest absolute Gasteiger partial charge is 0.349 e. The van der Waals surface area contributed by atoms with Crippen molar-refractivity contribution in [2.45, 2.75) is 32.4 Å². The highest BCUT2D eigenvalue weighted by atomic mass is 19.1. The Balaban J connectivity index is 1.47. The van der Waals surface area contributed by atoms with Crippen molar-refractivity contribution in [2.75, 3.05) is 13.1 Å². The summed E-state index contributed by atoms with van der Waals surface area (Å²) in [6, 6.07) is 5.72. The smallest absolute Gasteiger partial charge is 0.251 e. The number of hydrogen-bond donors (Lipinski definition) is 1. The first kappa shape index (κ1) is 15.6. The maximum atomic E-state index is 12.9. The highest BCUT2D eigenvalue weighted by molar-refractivity contribution is 5.94. The second-order valence-electron chi connectivity index (χ2n) is 5.77. The van der Waals surface area contributed by atoms with Crippen LogP contribution in [-0.4, -0.2) is 40.1 Å². The Kier molecular flexibility index (Phi) is 4.66. The maximum Gasteiger partial charge on any atom is 0.251 e. The number of hydrogen-bond acceptors (Lipinski definition) is 5. The third-order valence-corrected chi connectivity index (χ3v) is 3.96. The summed E-state index contributed by atoms with van der Waals surface area (Å²) < 4.78 is 18.0. The van der Waals surface area contributed by atoms with E-state index >= 15 is 0 Å². The molecule has 0 atom stereocenters. The van der Waals surface area contributed by atoms with Gasteiger partial charge in [-0.2, -0.15) is 4.98 Å². The fourth-order valence-corrected chi connectivity index (χ4v) is 2.70. The van der Waals surface area contributed by atoms with Gasteiger partial charge in [0.05, 0.1) is 6.54 Å². The van der Waals surface area contributed by atoms with Gasteiger partial charge in [-0.1, -0.05) is 5.16 Å². The van der Waals surface area contributed by atoms with Gasteiger partial charge in [0.2, 0.25) is 5.89 Å². The fraction of sp³-hybridized carbons (Fsp3) is 0.438. The molecule has 3 rings (SSSR count). The van der Waals surface area contributed by atoms with E-state index in [0.717, 1.165) is 25.9 Å². The van der Waals surface area contributed by atoms with Gasteiger partial charge in [-0.25, -0.2) is 4.39 Å². The zero-order chi connectivity index (χ0) is 16.2. The van der Waals surface area contributed by atoms with Crippen LogP contribution in [0.25, 0.3) is 0 Å². The number of nitrogens with zero attached hydrogens (tertiary/aromatic N) is 3. The molecule has 1 aromatic heterocycles. The lowest BCUT2D eigenvalue weighted by molar-refractivity contribution is 0.0904. The summed E-state index contributed by atoms with van der Waals surface area (Å²) in [7, 11) is 0. The number of piperidine rings is 1. The van der Waals surface area contributed by atoms with E-state index in [1.165, 1.54) is 24.3 Å². The van der Waals surface area contributed by atoms with Crippen LogP contribution in [0.2, 0.25) is 0 Å². The normalized spacial score (nSPS) is 16.4. The van der Waals surface area contributed by atoms with E-state index in [4.69, 9.17) is 4.52 Å². The van der Waals surface area contributed by atoms with E-state index in [1.807, 2.05) is 0 Å². The highest BCUT2D eigenvalue weighted by Gasteiger charge is 2.22. The van der Waals surface area contributed by atoms with E-state index in [9.17, 15) is 9.18 Å². The molecule has 1 aliphatic rings. The van der Waals surface area contributed by atoms with Crippen molar-refractivity contribution in [1.29, 1.82) is 0 Å². The van der Waals surface area contributed by atoms with Crippen molar-refractivity contribution >= 4 is 5.91 Å². The molecule has 23 heavy (non-hydrogen) atoms. The summed E-state index contributed by atoms with van der Waals surface area (Å²) in [6.45, 7) is 4.15. The number of benzene rings is 1. The lowest BCUT2D eigenvalue weighted by Crippen LogP contribution is -2.44. The molecule has 0 saturated carbocycles. The number of carbonyl (C=O) groups is 1. The van der Waals surface area contributed by atoms with Crippen LogP contribution >= 0.6 is 0 Å². The van der Waals surface area contributed by atoms with Crippen LogP contribution in [0.4, 0.5) is 4.39 Å². The van der Waals surface area contributed by atoms with E-state index in [-0.39, 0.29) is 17.8 Å². The molecule has 1 N–H and O–H groups in total. The standard InChI is InChI=1S/C16H19FN4O2/c1-11-18-15(23-20-11)10-21-8-6-14(7-9-21)19-16(22)12-2-4-13(17)5-3-12/h2-5,14H,6-10H2,1H3,(H,19,22). The molecule has 1 amide bonds. The van der Waals surface area contributed by atoms with Crippen molar-refractivity contribution in [2.24, 2.45) is 0 Å². The van der Waals surface area contributed by atoms with Gasteiger partial charge in [0, 0.05) is 24.7 Å². The molecule has 0 spiro atoms. The summed E-state index contributed by atoms with van der Waals surface area (Å²) in [5.41, 5.74) is 0.482. The number of aryl methyl sites for hydroxylation is 1. The predicted molar refractivity (Wildman–Crippen MR) is 81.2 cm³/mol. The van der Waals surface area contributed by atoms with Gasteiger partial charge in [0.15, 0.2) is 5.82 Å². The molecule has 1 aliphatic heterocycles. The zero-order valence-electron chi connectivity index (χ0n) is 13.0. The van der Waals surface area contributed by atoms with E-state index in [0.29, 0.717) is 23.8 Å². The van der Waals surface area contributed by atoms with Crippen molar-refractivity contribution in [3.63, 3.8) is 0 Å². The number of amides is 1.